The Kier molecular flexibility index (Phi) is 7.87. The highest BCUT2D eigenvalue weighted by Crippen LogP contribution is 2.27. The van der Waals surface area contributed by atoms with Crippen LogP contribution in [0.3, 0.4) is 0 Å². The first-order valence-corrected chi connectivity index (χ1v) is 10.9. The lowest BCUT2D eigenvalue weighted by Crippen LogP contribution is -2.50. The number of anilines is 1. The van der Waals surface area contributed by atoms with E-state index in [2.05, 4.69) is 18.7 Å². The summed E-state index contributed by atoms with van der Waals surface area (Å²) < 4.78 is 10.8. The number of ether oxygens (including phenoxy) is 2. The number of aryl methyl sites for hydroxylation is 1. The van der Waals surface area contributed by atoms with Crippen LogP contribution >= 0.6 is 0 Å². The smallest absolute Gasteiger partial charge is 0.344 e. The van der Waals surface area contributed by atoms with Crippen LogP contribution in [0.15, 0.2) is 42.5 Å². The standard InChI is InChI=1S/C24H29N3O6/c1-17(2)21-9-4-18(3)14-22(21)32-16-24(29)33-15-23(28)26-12-10-25(11-13-26)19-5-7-20(8-6-19)27(30)31/h4-9,14,17H,10-13,15-16H2,1-3H3. The SMILES string of the molecule is Cc1ccc(C(C)C)c(OCC(=O)OCC(=O)N2CCN(c3ccc([N+](=O)[O-])cc3)CC2)c1. The molecular formula is C24H29N3O6. The lowest BCUT2D eigenvalue weighted by Gasteiger charge is -2.36. The highest BCUT2D eigenvalue weighted by molar-refractivity contribution is 5.81. The summed E-state index contributed by atoms with van der Waals surface area (Å²) in [5.74, 6) is 0.0488. The third-order valence-corrected chi connectivity index (χ3v) is 5.55. The number of non-ortho nitro benzene ring substituents is 1. The molecule has 176 valence electrons. The summed E-state index contributed by atoms with van der Waals surface area (Å²) in [7, 11) is 0. The molecule has 1 aliphatic heterocycles. The Balaban J connectivity index is 1.43. The zero-order valence-electron chi connectivity index (χ0n) is 19.2. The fourth-order valence-electron chi connectivity index (χ4n) is 3.65. The molecule has 0 unspecified atom stereocenters. The van der Waals surface area contributed by atoms with Gasteiger partial charge in [-0.2, -0.15) is 0 Å². The number of hydrogen-bond donors (Lipinski definition) is 0. The van der Waals surface area contributed by atoms with Gasteiger partial charge in [0.25, 0.3) is 11.6 Å². The van der Waals surface area contributed by atoms with Crippen LogP contribution in [0.4, 0.5) is 11.4 Å². The van der Waals surface area contributed by atoms with Crippen molar-refractivity contribution >= 4 is 23.3 Å². The van der Waals surface area contributed by atoms with Crippen molar-refractivity contribution < 1.29 is 24.0 Å². The van der Waals surface area contributed by atoms with E-state index >= 15 is 0 Å². The number of nitrogens with zero attached hydrogens (tertiary/aromatic N) is 3. The molecule has 1 heterocycles. The number of piperazine rings is 1. The van der Waals surface area contributed by atoms with E-state index in [1.165, 1.54) is 12.1 Å². The fraction of sp³-hybridized carbons (Fsp3) is 0.417. The van der Waals surface area contributed by atoms with Crippen molar-refractivity contribution in [2.75, 3.05) is 44.3 Å². The third-order valence-electron chi connectivity index (χ3n) is 5.55. The highest BCUT2D eigenvalue weighted by Gasteiger charge is 2.23. The van der Waals surface area contributed by atoms with Gasteiger partial charge in [-0.1, -0.05) is 26.0 Å². The molecule has 0 saturated carbocycles. The maximum atomic E-state index is 12.4. The summed E-state index contributed by atoms with van der Waals surface area (Å²) in [6.07, 6.45) is 0. The Bertz CT molecular complexity index is 998. The summed E-state index contributed by atoms with van der Waals surface area (Å²) in [6, 6.07) is 12.2. The van der Waals surface area contributed by atoms with Crippen molar-refractivity contribution in [3.63, 3.8) is 0 Å². The second-order valence-corrected chi connectivity index (χ2v) is 8.29. The summed E-state index contributed by atoms with van der Waals surface area (Å²) in [4.78, 5) is 38.6. The minimum Gasteiger partial charge on any atom is -0.482 e. The zero-order chi connectivity index (χ0) is 24.0. The van der Waals surface area contributed by atoms with Gasteiger partial charge in [0.2, 0.25) is 0 Å². The largest absolute Gasteiger partial charge is 0.482 e. The van der Waals surface area contributed by atoms with Gasteiger partial charge in [-0.25, -0.2) is 4.79 Å². The van der Waals surface area contributed by atoms with Crippen molar-refractivity contribution in [2.24, 2.45) is 0 Å². The first kappa shape index (κ1) is 24.0. The van der Waals surface area contributed by atoms with Gasteiger partial charge in [-0.3, -0.25) is 14.9 Å². The van der Waals surface area contributed by atoms with Crippen LogP contribution < -0.4 is 9.64 Å². The molecule has 0 aliphatic carbocycles. The van der Waals surface area contributed by atoms with Crippen LogP contribution in [0.5, 0.6) is 5.75 Å². The average molecular weight is 456 g/mol. The number of rotatable bonds is 8. The number of carbonyl (C=O) groups excluding carboxylic acids is 2. The van der Waals surface area contributed by atoms with Crippen LogP contribution in [0.25, 0.3) is 0 Å². The predicted molar refractivity (Wildman–Crippen MR) is 124 cm³/mol. The van der Waals surface area contributed by atoms with Gasteiger partial charge in [0.15, 0.2) is 13.2 Å². The van der Waals surface area contributed by atoms with Crippen LogP contribution in [0, 0.1) is 17.0 Å². The summed E-state index contributed by atoms with van der Waals surface area (Å²) in [5, 5.41) is 10.8. The Hall–Kier alpha value is -3.62. The summed E-state index contributed by atoms with van der Waals surface area (Å²) in [6.45, 7) is 7.60. The molecule has 33 heavy (non-hydrogen) atoms. The van der Waals surface area contributed by atoms with E-state index in [-0.39, 0.29) is 30.7 Å². The van der Waals surface area contributed by atoms with Gasteiger partial charge in [-0.15, -0.1) is 0 Å². The van der Waals surface area contributed by atoms with Gasteiger partial charge in [0.1, 0.15) is 5.75 Å². The number of benzene rings is 2. The fourth-order valence-corrected chi connectivity index (χ4v) is 3.65. The van der Waals surface area contributed by atoms with Crippen LogP contribution in [-0.4, -0.2) is 61.1 Å². The van der Waals surface area contributed by atoms with Crippen molar-refractivity contribution in [1.82, 2.24) is 4.90 Å². The lowest BCUT2D eigenvalue weighted by atomic mass is 10.0. The molecule has 2 aromatic rings. The molecule has 0 radical (unpaired) electrons. The zero-order valence-corrected chi connectivity index (χ0v) is 19.2. The van der Waals surface area contributed by atoms with E-state index in [0.29, 0.717) is 31.9 Å². The van der Waals surface area contributed by atoms with E-state index in [1.807, 2.05) is 25.1 Å². The predicted octanol–water partition coefficient (Wildman–Crippen LogP) is 3.30. The van der Waals surface area contributed by atoms with Crippen molar-refractivity contribution in [2.45, 2.75) is 26.7 Å². The Morgan fingerprint density at radius 1 is 1.03 bits per heavy atom. The molecule has 9 heteroatoms. The lowest BCUT2D eigenvalue weighted by molar-refractivity contribution is -0.384. The highest BCUT2D eigenvalue weighted by atomic mass is 16.6. The van der Waals surface area contributed by atoms with E-state index in [9.17, 15) is 19.7 Å². The molecule has 9 nitrogen and oxygen atoms in total. The van der Waals surface area contributed by atoms with E-state index < -0.39 is 10.9 Å². The number of nitro groups is 1. The molecule has 0 N–H and O–H groups in total. The maximum absolute atomic E-state index is 12.4. The Labute approximate surface area is 193 Å². The summed E-state index contributed by atoms with van der Waals surface area (Å²) >= 11 is 0. The molecule has 1 aliphatic rings. The first-order valence-electron chi connectivity index (χ1n) is 10.9. The van der Waals surface area contributed by atoms with Crippen molar-refractivity contribution in [1.29, 1.82) is 0 Å². The quantitative estimate of drug-likeness (QED) is 0.342. The normalized spacial score (nSPS) is 13.7. The molecule has 1 saturated heterocycles. The molecule has 1 amide bonds. The minimum absolute atomic E-state index is 0.0428. The molecule has 1 fully saturated rings. The van der Waals surface area contributed by atoms with Gasteiger partial charge in [-0.05, 0) is 42.2 Å². The number of hydrogen-bond acceptors (Lipinski definition) is 7. The van der Waals surface area contributed by atoms with Crippen LogP contribution in [0.1, 0.15) is 30.9 Å². The van der Waals surface area contributed by atoms with E-state index in [4.69, 9.17) is 9.47 Å². The van der Waals surface area contributed by atoms with Crippen molar-refractivity contribution in [3.05, 3.63) is 63.7 Å². The number of nitro benzene ring substituents is 1. The molecule has 3 rings (SSSR count). The Morgan fingerprint density at radius 2 is 1.70 bits per heavy atom. The molecular weight excluding hydrogens is 426 g/mol. The average Bonchev–Trinajstić information content (AvgIpc) is 2.81. The first-order chi connectivity index (χ1) is 15.7. The number of carbonyl (C=O) groups is 2. The third kappa shape index (κ3) is 6.44. The van der Waals surface area contributed by atoms with Crippen LogP contribution in [0.2, 0.25) is 0 Å². The molecule has 2 aromatic carbocycles. The second kappa shape index (κ2) is 10.8. The van der Waals surface area contributed by atoms with Crippen molar-refractivity contribution in [3.8, 4) is 5.75 Å². The van der Waals surface area contributed by atoms with Gasteiger partial charge in [0.05, 0.1) is 4.92 Å². The van der Waals surface area contributed by atoms with E-state index in [0.717, 1.165) is 16.8 Å². The maximum Gasteiger partial charge on any atom is 0.344 e. The second-order valence-electron chi connectivity index (χ2n) is 8.29. The molecule has 0 bridgehead atoms. The van der Waals surface area contributed by atoms with Gasteiger partial charge < -0.3 is 19.3 Å². The molecule has 0 aromatic heterocycles. The monoisotopic (exact) mass is 455 g/mol. The van der Waals surface area contributed by atoms with Gasteiger partial charge in [0, 0.05) is 44.0 Å². The number of esters is 1. The minimum atomic E-state index is -0.593. The van der Waals surface area contributed by atoms with E-state index in [1.54, 1.807) is 17.0 Å². The molecule has 0 atom stereocenters. The summed E-state index contributed by atoms with van der Waals surface area (Å²) in [5.41, 5.74) is 2.95. The van der Waals surface area contributed by atoms with Gasteiger partial charge >= 0.3 is 5.97 Å². The molecule has 0 spiro atoms. The number of amides is 1. The van der Waals surface area contributed by atoms with Crippen LogP contribution in [-0.2, 0) is 14.3 Å². The Morgan fingerprint density at radius 3 is 2.30 bits per heavy atom. The topological polar surface area (TPSA) is 102 Å².